The van der Waals surface area contributed by atoms with Gasteiger partial charge in [-0.1, -0.05) is 0 Å². The third-order valence-electron chi connectivity index (χ3n) is 2.34. The van der Waals surface area contributed by atoms with Crippen molar-refractivity contribution in [1.82, 2.24) is 0 Å². The quantitative estimate of drug-likeness (QED) is 0.765. The van der Waals surface area contributed by atoms with Gasteiger partial charge >= 0.3 is 5.97 Å². The molecule has 0 aliphatic rings. The van der Waals surface area contributed by atoms with Crippen LogP contribution in [0.4, 0.5) is 0 Å². The van der Waals surface area contributed by atoms with Crippen molar-refractivity contribution in [1.29, 1.82) is 0 Å². The molecular weight excluding hydrogens is 240 g/mol. The minimum atomic E-state index is -1.52. The molecule has 0 fully saturated rings. The first-order valence-electron chi connectivity index (χ1n) is 5.34. The van der Waals surface area contributed by atoms with Crippen LogP contribution in [0.2, 0.25) is 0 Å². The van der Waals surface area contributed by atoms with Crippen molar-refractivity contribution in [2.45, 2.75) is 13.0 Å². The number of carbonyl (C=O) groups excluding carboxylic acids is 1. The van der Waals surface area contributed by atoms with E-state index in [2.05, 4.69) is 0 Å². The average molecular weight is 256 g/mol. The maximum absolute atomic E-state index is 11.4. The molecule has 6 heteroatoms. The van der Waals surface area contributed by atoms with Gasteiger partial charge in [-0.05, 0) is 13.0 Å². The van der Waals surface area contributed by atoms with Crippen LogP contribution in [0.5, 0.6) is 17.2 Å². The van der Waals surface area contributed by atoms with Crippen LogP contribution in [-0.2, 0) is 9.53 Å². The van der Waals surface area contributed by atoms with Gasteiger partial charge in [0, 0.05) is 11.6 Å². The molecule has 0 saturated heterocycles. The number of ether oxygens (including phenoxy) is 3. The number of aromatic hydroxyl groups is 1. The Morgan fingerprint density at radius 3 is 2.39 bits per heavy atom. The van der Waals surface area contributed by atoms with Crippen LogP contribution in [0.15, 0.2) is 12.1 Å². The second-order valence-corrected chi connectivity index (χ2v) is 3.42. The summed E-state index contributed by atoms with van der Waals surface area (Å²) < 4.78 is 14.6. The van der Waals surface area contributed by atoms with Gasteiger partial charge in [0.05, 0.1) is 20.8 Å². The van der Waals surface area contributed by atoms with E-state index >= 15 is 0 Å². The predicted octanol–water partition coefficient (Wildman–Crippen LogP) is 1.01. The normalized spacial score (nSPS) is 11.8. The number of carbonyl (C=O) groups is 1. The Labute approximate surface area is 105 Å². The third-order valence-corrected chi connectivity index (χ3v) is 2.34. The predicted molar refractivity (Wildman–Crippen MR) is 62.8 cm³/mol. The Balaban J connectivity index is 3.14. The summed E-state index contributed by atoms with van der Waals surface area (Å²) in [5.74, 6) is -0.589. The second kappa shape index (κ2) is 6.11. The number of methoxy groups -OCH3 is 2. The number of benzene rings is 1. The molecule has 1 aromatic rings. The van der Waals surface area contributed by atoms with Crippen LogP contribution in [0.25, 0.3) is 0 Å². The van der Waals surface area contributed by atoms with Gasteiger partial charge < -0.3 is 24.4 Å². The first-order chi connectivity index (χ1) is 8.54. The number of rotatable bonds is 5. The zero-order valence-corrected chi connectivity index (χ0v) is 10.5. The zero-order chi connectivity index (χ0) is 13.7. The van der Waals surface area contributed by atoms with E-state index in [1.165, 1.54) is 26.4 Å². The molecule has 0 aliphatic heterocycles. The van der Waals surface area contributed by atoms with Gasteiger partial charge in [-0.3, -0.25) is 0 Å². The largest absolute Gasteiger partial charge is 0.504 e. The Hall–Kier alpha value is -1.95. The van der Waals surface area contributed by atoms with E-state index in [4.69, 9.17) is 14.2 Å². The lowest BCUT2D eigenvalue weighted by Gasteiger charge is -2.15. The second-order valence-electron chi connectivity index (χ2n) is 3.42. The van der Waals surface area contributed by atoms with Gasteiger partial charge in [0.15, 0.2) is 17.6 Å². The monoisotopic (exact) mass is 256 g/mol. The molecule has 0 aromatic heterocycles. The highest BCUT2D eigenvalue weighted by Gasteiger charge is 2.24. The Morgan fingerprint density at radius 2 is 1.89 bits per heavy atom. The molecular formula is C12H16O6. The number of aliphatic hydroxyl groups is 1. The van der Waals surface area contributed by atoms with E-state index in [0.29, 0.717) is 0 Å². The molecule has 1 rings (SSSR count). The van der Waals surface area contributed by atoms with Gasteiger partial charge in [-0.2, -0.15) is 0 Å². The lowest BCUT2D eigenvalue weighted by molar-refractivity contribution is -0.153. The molecule has 18 heavy (non-hydrogen) atoms. The summed E-state index contributed by atoms with van der Waals surface area (Å²) in [6.45, 7) is 1.79. The number of hydrogen-bond donors (Lipinski definition) is 2. The minimum Gasteiger partial charge on any atom is -0.504 e. The fourth-order valence-electron chi connectivity index (χ4n) is 1.47. The number of esters is 1. The maximum atomic E-state index is 11.4. The summed E-state index contributed by atoms with van der Waals surface area (Å²) in [6.07, 6.45) is -1.52. The summed E-state index contributed by atoms with van der Waals surface area (Å²) in [5.41, 5.74) is 0.120. The molecule has 1 unspecified atom stereocenters. The standard InChI is InChI=1S/C12H16O6/c1-4-18-12(15)11(14)7-5-8(13)10(17-3)6-9(7)16-2/h5-6,11,13-14H,4H2,1-3H3. The highest BCUT2D eigenvalue weighted by Crippen LogP contribution is 2.37. The highest BCUT2D eigenvalue weighted by atomic mass is 16.5. The summed E-state index contributed by atoms with van der Waals surface area (Å²) in [4.78, 5) is 11.4. The number of aliphatic hydroxyl groups excluding tert-OH is 1. The van der Waals surface area contributed by atoms with E-state index in [1.54, 1.807) is 6.92 Å². The van der Waals surface area contributed by atoms with Gasteiger partial charge in [0.2, 0.25) is 0 Å². The number of hydrogen-bond acceptors (Lipinski definition) is 6. The van der Waals surface area contributed by atoms with Crippen molar-refractivity contribution < 1.29 is 29.2 Å². The van der Waals surface area contributed by atoms with E-state index < -0.39 is 12.1 Å². The molecule has 1 atom stereocenters. The molecule has 0 radical (unpaired) electrons. The van der Waals surface area contributed by atoms with Crippen molar-refractivity contribution in [3.63, 3.8) is 0 Å². The molecule has 0 amide bonds. The molecule has 2 N–H and O–H groups in total. The zero-order valence-electron chi connectivity index (χ0n) is 10.5. The fraction of sp³-hybridized carbons (Fsp3) is 0.417. The molecule has 0 saturated carbocycles. The topological polar surface area (TPSA) is 85.2 Å². The molecule has 0 heterocycles. The third kappa shape index (κ3) is 2.84. The average Bonchev–Trinajstić information content (AvgIpc) is 2.37. The first kappa shape index (κ1) is 14.1. The molecule has 0 bridgehead atoms. The molecule has 100 valence electrons. The molecule has 1 aromatic carbocycles. The minimum absolute atomic E-state index is 0.120. The summed E-state index contributed by atoms with van der Waals surface area (Å²) in [7, 11) is 2.77. The number of phenols is 1. The fourth-order valence-corrected chi connectivity index (χ4v) is 1.47. The van der Waals surface area contributed by atoms with Crippen LogP contribution in [0.1, 0.15) is 18.6 Å². The highest BCUT2D eigenvalue weighted by molar-refractivity contribution is 5.77. The van der Waals surface area contributed by atoms with E-state index in [1.807, 2.05) is 0 Å². The van der Waals surface area contributed by atoms with E-state index in [0.717, 1.165) is 0 Å². The van der Waals surface area contributed by atoms with Gasteiger partial charge in [0.25, 0.3) is 0 Å². The van der Waals surface area contributed by atoms with E-state index in [-0.39, 0.29) is 29.4 Å². The van der Waals surface area contributed by atoms with Gasteiger partial charge in [0.1, 0.15) is 5.75 Å². The van der Waals surface area contributed by atoms with Crippen molar-refractivity contribution in [2.75, 3.05) is 20.8 Å². The van der Waals surface area contributed by atoms with Crippen molar-refractivity contribution in [3.8, 4) is 17.2 Å². The lowest BCUT2D eigenvalue weighted by Crippen LogP contribution is -2.16. The van der Waals surface area contributed by atoms with Crippen LogP contribution in [-0.4, -0.2) is 37.0 Å². The summed E-state index contributed by atoms with van der Waals surface area (Å²) >= 11 is 0. The van der Waals surface area contributed by atoms with Crippen molar-refractivity contribution >= 4 is 5.97 Å². The summed E-state index contributed by atoms with van der Waals surface area (Å²) in [6, 6.07) is 2.59. The van der Waals surface area contributed by atoms with Crippen LogP contribution in [0.3, 0.4) is 0 Å². The molecule has 6 nitrogen and oxygen atoms in total. The Morgan fingerprint density at radius 1 is 1.28 bits per heavy atom. The Kier molecular flexibility index (Phi) is 4.79. The van der Waals surface area contributed by atoms with Crippen LogP contribution in [0, 0.1) is 0 Å². The SMILES string of the molecule is CCOC(=O)C(O)c1cc(O)c(OC)cc1OC. The number of phenolic OH excluding ortho intramolecular Hbond substituents is 1. The first-order valence-corrected chi connectivity index (χ1v) is 5.34. The van der Waals surface area contributed by atoms with E-state index in [9.17, 15) is 15.0 Å². The van der Waals surface area contributed by atoms with Crippen LogP contribution >= 0.6 is 0 Å². The summed E-state index contributed by atoms with van der Waals surface area (Å²) in [5, 5.41) is 19.4. The van der Waals surface area contributed by atoms with Crippen molar-refractivity contribution in [2.24, 2.45) is 0 Å². The smallest absolute Gasteiger partial charge is 0.339 e. The van der Waals surface area contributed by atoms with Crippen LogP contribution < -0.4 is 9.47 Å². The lowest BCUT2D eigenvalue weighted by atomic mass is 10.1. The molecule has 0 aliphatic carbocycles. The van der Waals surface area contributed by atoms with Crippen molar-refractivity contribution in [3.05, 3.63) is 17.7 Å². The van der Waals surface area contributed by atoms with Gasteiger partial charge in [-0.15, -0.1) is 0 Å². The maximum Gasteiger partial charge on any atom is 0.339 e. The van der Waals surface area contributed by atoms with Gasteiger partial charge in [-0.25, -0.2) is 4.79 Å². The molecule has 0 spiro atoms. The Bertz CT molecular complexity index is 429.